The van der Waals surface area contributed by atoms with Crippen molar-refractivity contribution in [3.05, 3.63) is 22.4 Å². The second-order valence-corrected chi connectivity index (χ2v) is 6.85. The van der Waals surface area contributed by atoms with Gasteiger partial charge in [-0.3, -0.25) is 0 Å². The molecule has 1 fully saturated rings. The van der Waals surface area contributed by atoms with E-state index in [1.165, 1.54) is 18.9 Å². The molecule has 2 N–H and O–H groups in total. The van der Waals surface area contributed by atoms with Crippen LogP contribution in [0.1, 0.15) is 39.2 Å². The van der Waals surface area contributed by atoms with Crippen molar-refractivity contribution < 1.29 is 4.39 Å². The zero-order valence-electron chi connectivity index (χ0n) is 11.1. The fraction of sp³-hybridized carbons (Fsp3) is 0.500. The van der Waals surface area contributed by atoms with Crippen molar-refractivity contribution in [3.8, 4) is 0 Å². The number of aromatic nitrogens is 2. The average Bonchev–Trinajstić information content (AvgIpc) is 2.79. The van der Waals surface area contributed by atoms with E-state index in [0.717, 1.165) is 11.9 Å². The molecular weight excluding hydrogens is 309 g/mol. The van der Waals surface area contributed by atoms with Crippen LogP contribution >= 0.6 is 15.9 Å². The van der Waals surface area contributed by atoms with Crippen LogP contribution in [0.4, 0.5) is 10.3 Å². The van der Waals surface area contributed by atoms with E-state index in [4.69, 9.17) is 5.73 Å². The lowest BCUT2D eigenvalue weighted by molar-refractivity contribution is 0.268. The summed E-state index contributed by atoms with van der Waals surface area (Å²) in [4.78, 5) is 4.31. The third kappa shape index (κ3) is 1.95. The molecule has 3 nitrogen and oxygen atoms in total. The van der Waals surface area contributed by atoms with Crippen LogP contribution in [0.25, 0.3) is 11.0 Å². The van der Waals surface area contributed by atoms with Gasteiger partial charge in [-0.2, -0.15) is 0 Å². The van der Waals surface area contributed by atoms with Crippen molar-refractivity contribution in [2.24, 2.45) is 5.41 Å². The molecule has 0 spiro atoms. The Morgan fingerprint density at radius 3 is 2.84 bits per heavy atom. The van der Waals surface area contributed by atoms with Gasteiger partial charge in [0.05, 0.1) is 15.5 Å². The predicted molar refractivity (Wildman–Crippen MR) is 78.5 cm³/mol. The first kappa shape index (κ1) is 12.9. The number of nitrogens with two attached hydrogens (primary N) is 1. The number of halogens is 2. The Balaban J connectivity index is 2.23. The molecule has 0 bridgehead atoms. The molecule has 1 heterocycles. The normalized spacial score (nSPS) is 22.2. The van der Waals surface area contributed by atoms with Gasteiger partial charge in [0, 0.05) is 12.1 Å². The third-order valence-electron chi connectivity index (χ3n) is 4.27. The molecule has 0 radical (unpaired) electrons. The lowest BCUT2D eigenvalue weighted by Gasteiger charge is -2.29. The second kappa shape index (κ2) is 4.20. The molecule has 3 rings (SSSR count). The molecule has 1 unspecified atom stereocenters. The Kier molecular flexibility index (Phi) is 2.85. The number of nitrogen functional groups attached to an aromatic ring is 1. The maximum atomic E-state index is 13.6. The van der Waals surface area contributed by atoms with Crippen molar-refractivity contribution in [1.82, 2.24) is 9.55 Å². The highest BCUT2D eigenvalue weighted by Gasteiger charge is 2.37. The molecule has 1 atom stereocenters. The number of rotatable bonds is 1. The summed E-state index contributed by atoms with van der Waals surface area (Å²) in [5, 5.41) is 0. The van der Waals surface area contributed by atoms with Crippen molar-refractivity contribution in [2.75, 3.05) is 5.73 Å². The first-order chi connectivity index (χ1) is 8.90. The summed E-state index contributed by atoms with van der Waals surface area (Å²) in [5.74, 6) is 0.176. The van der Waals surface area contributed by atoms with Crippen molar-refractivity contribution in [2.45, 2.75) is 39.2 Å². The molecule has 1 aliphatic carbocycles. The highest BCUT2D eigenvalue weighted by molar-refractivity contribution is 9.10. The van der Waals surface area contributed by atoms with E-state index >= 15 is 0 Å². The molecule has 2 aromatic rings. The van der Waals surface area contributed by atoms with Crippen molar-refractivity contribution in [3.63, 3.8) is 0 Å². The van der Waals surface area contributed by atoms with E-state index in [-0.39, 0.29) is 11.2 Å². The van der Waals surface area contributed by atoms with Gasteiger partial charge in [-0.25, -0.2) is 9.37 Å². The summed E-state index contributed by atoms with van der Waals surface area (Å²) in [6, 6.07) is 3.55. The Hall–Kier alpha value is -1.10. The minimum Gasteiger partial charge on any atom is -0.369 e. The van der Waals surface area contributed by atoms with Crippen LogP contribution in [0.15, 0.2) is 16.6 Å². The summed E-state index contributed by atoms with van der Waals surface area (Å²) in [5.41, 5.74) is 7.80. The fourth-order valence-corrected chi connectivity index (χ4v) is 3.55. The zero-order chi connectivity index (χ0) is 13.8. The van der Waals surface area contributed by atoms with E-state index in [9.17, 15) is 4.39 Å². The smallest absolute Gasteiger partial charge is 0.201 e. The first-order valence-corrected chi connectivity index (χ1v) is 7.32. The van der Waals surface area contributed by atoms with Gasteiger partial charge in [0.1, 0.15) is 5.82 Å². The summed E-state index contributed by atoms with van der Waals surface area (Å²) in [7, 11) is 0. The molecule has 1 aromatic heterocycles. The number of hydrogen-bond donors (Lipinski definition) is 1. The van der Waals surface area contributed by atoms with Gasteiger partial charge < -0.3 is 10.3 Å². The van der Waals surface area contributed by atoms with E-state index < -0.39 is 0 Å². The van der Waals surface area contributed by atoms with Gasteiger partial charge in [-0.1, -0.05) is 20.3 Å². The molecule has 19 heavy (non-hydrogen) atoms. The van der Waals surface area contributed by atoms with E-state index in [2.05, 4.69) is 39.3 Å². The average molecular weight is 326 g/mol. The summed E-state index contributed by atoms with van der Waals surface area (Å²) >= 11 is 3.24. The van der Waals surface area contributed by atoms with Gasteiger partial charge >= 0.3 is 0 Å². The van der Waals surface area contributed by atoms with Gasteiger partial charge in [0.2, 0.25) is 5.95 Å². The van der Waals surface area contributed by atoms with Crippen LogP contribution in [0, 0.1) is 11.2 Å². The van der Waals surface area contributed by atoms with Crippen LogP contribution in [0.5, 0.6) is 0 Å². The number of anilines is 1. The Morgan fingerprint density at radius 2 is 2.21 bits per heavy atom. The molecule has 0 saturated heterocycles. The second-order valence-electron chi connectivity index (χ2n) is 5.99. The highest BCUT2D eigenvalue weighted by atomic mass is 79.9. The van der Waals surface area contributed by atoms with E-state index in [0.29, 0.717) is 22.0 Å². The van der Waals surface area contributed by atoms with Gasteiger partial charge in [-0.05, 0) is 40.3 Å². The monoisotopic (exact) mass is 325 g/mol. The Labute approximate surface area is 120 Å². The molecule has 0 amide bonds. The maximum Gasteiger partial charge on any atom is 0.201 e. The minimum absolute atomic E-state index is 0.197. The number of nitrogens with zero attached hydrogens (tertiary/aromatic N) is 2. The molecule has 1 aromatic carbocycles. The first-order valence-electron chi connectivity index (χ1n) is 6.52. The van der Waals surface area contributed by atoms with Crippen LogP contribution < -0.4 is 5.73 Å². The Morgan fingerprint density at radius 1 is 1.47 bits per heavy atom. The standard InChI is InChI=1S/C14H17BrFN3/c1-14(2)5-3-4-12(14)19-11-6-8(15)9(16)7-10(11)18-13(19)17/h6-7,12H,3-5H2,1-2H3,(H2,17,18). The lowest BCUT2D eigenvalue weighted by Crippen LogP contribution is -2.22. The molecule has 102 valence electrons. The number of hydrogen-bond acceptors (Lipinski definition) is 2. The lowest BCUT2D eigenvalue weighted by atomic mass is 9.87. The van der Waals surface area contributed by atoms with Crippen LogP contribution in [0.2, 0.25) is 0 Å². The number of fused-ring (bicyclic) bond motifs is 1. The molecule has 1 aliphatic rings. The Bertz CT molecular complexity index is 648. The van der Waals surface area contributed by atoms with Gasteiger partial charge in [0.25, 0.3) is 0 Å². The number of benzene rings is 1. The molecule has 0 aliphatic heterocycles. The van der Waals surface area contributed by atoms with Crippen molar-refractivity contribution in [1.29, 1.82) is 0 Å². The van der Waals surface area contributed by atoms with Crippen LogP contribution in [-0.4, -0.2) is 9.55 Å². The quantitative estimate of drug-likeness (QED) is 0.850. The molecule has 1 saturated carbocycles. The fourth-order valence-electron chi connectivity index (χ4n) is 3.22. The van der Waals surface area contributed by atoms with E-state index in [1.807, 2.05) is 0 Å². The van der Waals surface area contributed by atoms with Gasteiger partial charge in [-0.15, -0.1) is 0 Å². The highest BCUT2D eigenvalue weighted by Crippen LogP contribution is 2.48. The van der Waals surface area contributed by atoms with Gasteiger partial charge in [0.15, 0.2) is 0 Å². The minimum atomic E-state index is -0.303. The zero-order valence-corrected chi connectivity index (χ0v) is 12.7. The van der Waals surface area contributed by atoms with Crippen LogP contribution in [-0.2, 0) is 0 Å². The third-order valence-corrected chi connectivity index (χ3v) is 4.88. The molecule has 5 heteroatoms. The summed E-state index contributed by atoms with van der Waals surface area (Å²) in [6.45, 7) is 4.52. The SMILES string of the molecule is CC1(C)CCCC1n1c(N)nc2cc(F)c(Br)cc21. The van der Waals surface area contributed by atoms with E-state index in [1.54, 1.807) is 6.07 Å². The topological polar surface area (TPSA) is 43.8 Å². The maximum absolute atomic E-state index is 13.6. The summed E-state index contributed by atoms with van der Waals surface area (Å²) < 4.78 is 16.1. The van der Waals surface area contributed by atoms with Crippen molar-refractivity contribution >= 4 is 32.9 Å². The van der Waals surface area contributed by atoms with Crippen LogP contribution in [0.3, 0.4) is 0 Å². The molecular formula is C14H17BrFN3. The largest absolute Gasteiger partial charge is 0.369 e. The predicted octanol–water partition coefficient (Wildman–Crippen LogP) is 4.27. The summed E-state index contributed by atoms with van der Waals surface area (Å²) in [6.07, 6.45) is 3.47. The number of imidazole rings is 1.